The Morgan fingerprint density at radius 3 is 2.14 bits per heavy atom. The van der Waals surface area contributed by atoms with Gasteiger partial charge in [-0.2, -0.15) is 18.3 Å². The highest BCUT2D eigenvalue weighted by atomic mass is 19.4. The second kappa shape index (κ2) is 7.44. The number of nitrogens with zero attached hydrogens (tertiary/aromatic N) is 3. The molecule has 28 heavy (non-hydrogen) atoms. The van der Waals surface area contributed by atoms with Gasteiger partial charge in [0.15, 0.2) is 23.3 Å². The predicted molar refractivity (Wildman–Crippen MR) is 78.1 cm³/mol. The molecule has 0 aliphatic heterocycles. The Labute approximate surface area is 150 Å². The number of aryl methyl sites for hydroxylation is 1. The monoisotopic (exact) mass is 414 g/mol. The molecule has 0 aliphatic carbocycles. The summed E-state index contributed by atoms with van der Waals surface area (Å²) in [5.74, 6) is -11.5. The van der Waals surface area contributed by atoms with Gasteiger partial charge in [-0.1, -0.05) is 0 Å². The van der Waals surface area contributed by atoms with E-state index in [4.69, 9.17) is 0 Å². The number of aromatic nitrogens is 2. The lowest BCUT2D eigenvalue weighted by atomic mass is 10.1. The third-order valence-corrected chi connectivity index (χ3v) is 3.64. The maximum atomic E-state index is 13.7. The van der Waals surface area contributed by atoms with E-state index in [1.54, 1.807) is 0 Å². The van der Waals surface area contributed by atoms with Gasteiger partial charge in [0.2, 0.25) is 5.91 Å². The summed E-state index contributed by atoms with van der Waals surface area (Å²) in [5, 5.41) is 15.8. The number of hydrogen-bond donors (Lipinski definition) is 1. The molecule has 0 saturated carbocycles. The summed E-state index contributed by atoms with van der Waals surface area (Å²) in [6.45, 7) is 0.989. The van der Waals surface area contributed by atoms with Gasteiger partial charge >= 0.3 is 11.9 Å². The van der Waals surface area contributed by atoms with Crippen LogP contribution < -0.4 is 5.32 Å². The van der Waals surface area contributed by atoms with Gasteiger partial charge in [-0.15, -0.1) is 0 Å². The fraction of sp³-hybridized carbons (Fsp3) is 0.286. The van der Waals surface area contributed by atoms with Crippen molar-refractivity contribution >= 4 is 17.3 Å². The number of nitro groups is 1. The first-order valence-corrected chi connectivity index (χ1v) is 7.26. The van der Waals surface area contributed by atoms with Crippen LogP contribution in [0.25, 0.3) is 0 Å². The van der Waals surface area contributed by atoms with Crippen molar-refractivity contribution in [3.63, 3.8) is 0 Å². The fourth-order valence-electron chi connectivity index (χ4n) is 2.24. The summed E-state index contributed by atoms with van der Waals surface area (Å²) in [6, 6.07) is 0. The molecule has 0 radical (unpaired) electrons. The van der Waals surface area contributed by atoms with Crippen LogP contribution in [0.1, 0.15) is 17.7 Å². The third-order valence-electron chi connectivity index (χ3n) is 3.64. The number of alkyl halides is 3. The Morgan fingerprint density at radius 2 is 1.71 bits per heavy atom. The molecule has 2 rings (SSSR count). The van der Waals surface area contributed by atoms with Crippen molar-refractivity contribution in [3.05, 3.63) is 50.8 Å². The van der Waals surface area contributed by atoms with E-state index in [1.807, 2.05) is 0 Å². The molecule has 0 bridgehead atoms. The first-order chi connectivity index (χ1) is 12.9. The maximum Gasteiger partial charge on any atom is 0.422 e. The Hall–Kier alpha value is -3.19. The molecule has 7 nitrogen and oxygen atoms in total. The zero-order valence-electron chi connectivity index (χ0n) is 13.7. The molecule has 0 unspecified atom stereocenters. The van der Waals surface area contributed by atoms with Crippen molar-refractivity contribution in [2.45, 2.75) is 26.1 Å². The summed E-state index contributed by atoms with van der Waals surface area (Å²) in [7, 11) is 0. The van der Waals surface area contributed by atoms with Crippen LogP contribution in [-0.4, -0.2) is 20.6 Å². The van der Waals surface area contributed by atoms with E-state index in [0.29, 0.717) is 0 Å². The summed E-state index contributed by atoms with van der Waals surface area (Å²) < 4.78 is 93.0. The van der Waals surface area contributed by atoms with Gasteiger partial charge in [0.25, 0.3) is 0 Å². The van der Waals surface area contributed by atoms with Crippen molar-refractivity contribution in [2.24, 2.45) is 0 Å². The van der Waals surface area contributed by atoms with Gasteiger partial charge in [-0.25, -0.2) is 17.6 Å². The van der Waals surface area contributed by atoms with Crippen LogP contribution in [0.5, 0.6) is 0 Å². The number of carbonyl (C=O) groups excluding carboxylic acids is 1. The molecular weight excluding hydrogens is 405 g/mol. The molecule has 1 amide bonds. The highest BCUT2D eigenvalue weighted by Gasteiger charge is 2.42. The van der Waals surface area contributed by atoms with Crippen molar-refractivity contribution in [1.29, 1.82) is 0 Å². The molecule has 1 N–H and O–H groups in total. The average Bonchev–Trinajstić information content (AvgIpc) is 2.95. The topological polar surface area (TPSA) is 90.1 Å². The quantitative estimate of drug-likeness (QED) is 0.350. The van der Waals surface area contributed by atoms with Crippen molar-refractivity contribution in [3.8, 4) is 0 Å². The van der Waals surface area contributed by atoms with Gasteiger partial charge in [-0.3, -0.25) is 19.6 Å². The van der Waals surface area contributed by atoms with Gasteiger partial charge in [0.1, 0.15) is 23.1 Å². The summed E-state index contributed by atoms with van der Waals surface area (Å²) in [4.78, 5) is 21.7. The van der Waals surface area contributed by atoms with Crippen molar-refractivity contribution in [2.75, 3.05) is 5.32 Å². The van der Waals surface area contributed by atoms with Crippen LogP contribution in [0.15, 0.2) is 6.20 Å². The molecular formula is C14H9F7N4O3. The van der Waals surface area contributed by atoms with E-state index in [-0.39, 0.29) is 17.9 Å². The second-order valence-electron chi connectivity index (χ2n) is 5.40. The molecule has 1 heterocycles. The minimum atomic E-state index is -5.70. The van der Waals surface area contributed by atoms with E-state index >= 15 is 0 Å². The number of rotatable bonds is 5. The van der Waals surface area contributed by atoms with Gasteiger partial charge in [0, 0.05) is 6.42 Å². The zero-order chi connectivity index (χ0) is 21.4. The summed E-state index contributed by atoms with van der Waals surface area (Å²) >= 11 is 0. The predicted octanol–water partition coefficient (Wildman–Crippen LogP) is 3.70. The van der Waals surface area contributed by atoms with Crippen LogP contribution in [0, 0.1) is 40.3 Å². The molecule has 2 aromatic rings. The molecule has 0 spiro atoms. The Morgan fingerprint density at radius 1 is 1.18 bits per heavy atom. The van der Waals surface area contributed by atoms with E-state index in [9.17, 15) is 45.6 Å². The lowest BCUT2D eigenvalue weighted by Crippen LogP contribution is -2.21. The molecule has 0 fully saturated rings. The van der Waals surface area contributed by atoms with Crippen LogP contribution in [0.2, 0.25) is 0 Å². The molecule has 0 atom stereocenters. The number of carbonyl (C=O) groups is 1. The van der Waals surface area contributed by atoms with E-state index < -0.39 is 57.9 Å². The molecule has 14 heteroatoms. The molecule has 152 valence electrons. The molecule has 1 aromatic carbocycles. The number of benzene rings is 1. The van der Waals surface area contributed by atoms with Crippen LogP contribution in [0.3, 0.4) is 0 Å². The smallest absolute Gasteiger partial charge is 0.321 e. The average molecular weight is 414 g/mol. The first-order valence-electron chi connectivity index (χ1n) is 7.26. The molecule has 1 aromatic heterocycles. The fourth-order valence-corrected chi connectivity index (χ4v) is 2.24. The zero-order valence-corrected chi connectivity index (χ0v) is 13.7. The highest BCUT2D eigenvalue weighted by Crippen LogP contribution is 2.38. The number of amides is 1. The minimum absolute atomic E-state index is 0.0572. The van der Waals surface area contributed by atoms with Crippen molar-refractivity contribution in [1.82, 2.24) is 9.78 Å². The number of halogens is 7. The SMILES string of the molecule is Cc1c([N+](=O)[O-])cnn1CCC(=O)Nc1c(F)c(F)c(C(F)(F)F)c(F)c1F. The Kier molecular flexibility index (Phi) is 5.61. The largest absolute Gasteiger partial charge is 0.422 e. The second-order valence-corrected chi connectivity index (χ2v) is 5.40. The van der Waals surface area contributed by atoms with Gasteiger partial charge < -0.3 is 5.32 Å². The maximum absolute atomic E-state index is 13.7. The Bertz CT molecular complexity index is 926. The van der Waals surface area contributed by atoms with Crippen LogP contribution in [0.4, 0.5) is 42.1 Å². The van der Waals surface area contributed by atoms with E-state index in [0.717, 1.165) is 10.9 Å². The summed E-state index contributed by atoms with van der Waals surface area (Å²) in [5.41, 5.74) is -4.79. The number of nitrogens with one attached hydrogen (secondary N) is 1. The lowest BCUT2D eigenvalue weighted by molar-refractivity contribution is -0.385. The Balaban J connectivity index is 2.22. The lowest BCUT2D eigenvalue weighted by Gasteiger charge is -2.14. The van der Waals surface area contributed by atoms with Gasteiger partial charge in [-0.05, 0) is 6.92 Å². The number of anilines is 1. The molecule has 0 aliphatic rings. The van der Waals surface area contributed by atoms with Crippen molar-refractivity contribution < 1.29 is 40.5 Å². The minimum Gasteiger partial charge on any atom is -0.321 e. The highest BCUT2D eigenvalue weighted by molar-refractivity contribution is 5.91. The molecule has 0 saturated heterocycles. The summed E-state index contributed by atoms with van der Waals surface area (Å²) in [6.07, 6.45) is -5.42. The van der Waals surface area contributed by atoms with E-state index in [1.165, 1.54) is 12.2 Å². The number of hydrogen-bond acceptors (Lipinski definition) is 4. The third kappa shape index (κ3) is 3.89. The van der Waals surface area contributed by atoms with Crippen LogP contribution in [-0.2, 0) is 17.5 Å². The van der Waals surface area contributed by atoms with Gasteiger partial charge in [0.05, 0.1) is 11.5 Å². The first kappa shape index (κ1) is 21.1. The normalized spacial score (nSPS) is 11.6. The van der Waals surface area contributed by atoms with E-state index in [2.05, 4.69) is 5.10 Å². The standard InChI is InChI=1S/C14H9F7N4O3/c1-5-6(25(27)28)4-22-24(5)3-2-7(26)23-13-11(17)9(15)8(14(19,20)21)10(16)12(13)18/h4H,2-3H2,1H3,(H,23,26). The van der Waals surface area contributed by atoms with Crippen LogP contribution >= 0.6 is 0 Å².